The molecule has 2 aromatic carbocycles. The molecule has 0 radical (unpaired) electrons. The van der Waals surface area contributed by atoms with E-state index < -0.39 is 50.3 Å². The van der Waals surface area contributed by atoms with Crippen molar-refractivity contribution in [3.63, 3.8) is 0 Å². The van der Waals surface area contributed by atoms with Crippen LogP contribution in [0.3, 0.4) is 0 Å². The second-order valence-corrected chi connectivity index (χ2v) is 15.8. The van der Waals surface area contributed by atoms with Gasteiger partial charge in [0.2, 0.25) is 13.6 Å². The van der Waals surface area contributed by atoms with Crippen molar-refractivity contribution in [2.24, 2.45) is 10.8 Å². The molecule has 0 atom stereocenters. The highest BCUT2D eigenvalue weighted by Gasteiger charge is 2.31. The number of esters is 2. The predicted molar refractivity (Wildman–Crippen MR) is 170 cm³/mol. The molecule has 0 spiro atoms. The molecule has 0 saturated heterocycles. The third kappa shape index (κ3) is 11.2. The lowest BCUT2D eigenvalue weighted by Gasteiger charge is -2.22. The van der Waals surface area contributed by atoms with Crippen molar-refractivity contribution in [3.05, 3.63) is 43.0 Å². The monoisotopic (exact) mass is 818 g/mol. The van der Waals surface area contributed by atoms with Crippen LogP contribution < -0.4 is 9.47 Å². The minimum atomic E-state index is -4.05. The highest BCUT2D eigenvalue weighted by molar-refractivity contribution is 14.1. The van der Waals surface area contributed by atoms with Crippen molar-refractivity contribution in [2.75, 3.05) is 19.9 Å². The summed E-state index contributed by atoms with van der Waals surface area (Å²) in [6.45, 7) is 12.7. The second-order valence-electron chi connectivity index (χ2n) is 11.4. The van der Waals surface area contributed by atoms with Crippen molar-refractivity contribution < 1.29 is 47.3 Å². The van der Waals surface area contributed by atoms with Gasteiger partial charge in [-0.25, -0.2) is 0 Å². The molecule has 228 valence electrons. The average molecular weight is 818 g/mol. The molecule has 0 aliphatic carbocycles. The number of carbonyl (C=O) groups is 2. The maximum Gasteiger partial charge on any atom is 0.373 e. The van der Waals surface area contributed by atoms with Crippen LogP contribution in [-0.2, 0) is 32.7 Å². The Morgan fingerprint density at radius 2 is 1.34 bits per heavy atom. The van der Waals surface area contributed by atoms with E-state index in [0.29, 0.717) is 24.4 Å². The topological polar surface area (TPSA) is 127 Å². The maximum absolute atomic E-state index is 13.4. The molecule has 0 amide bonds. The van der Waals surface area contributed by atoms with Gasteiger partial charge in [-0.2, -0.15) is 0 Å². The second kappa shape index (κ2) is 14.7. The normalized spacial score (nSPS) is 12.3. The standard InChI is InChI=1S/C28H37I2O10P/c1-17(2)20-11-18(9-10-23(20)31)40-24-21(29)12-19(13-22(24)30)37-16-41(34,38-14-35-25(32)27(3,4)5)39-15-36-26(33)28(6,7)8/h9-13,17,31H,14-16H2,1-8H3. The fraction of sp³-hybridized carbons (Fsp3) is 0.500. The van der Waals surface area contributed by atoms with Gasteiger partial charge in [-0.1, -0.05) is 13.8 Å². The summed E-state index contributed by atoms with van der Waals surface area (Å²) in [6, 6.07) is 8.44. The molecule has 0 aliphatic heterocycles. The number of benzene rings is 2. The number of carbonyl (C=O) groups excluding carboxylic acids is 2. The van der Waals surface area contributed by atoms with Gasteiger partial charge in [0.1, 0.15) is 17.2 Å². The first kappa shape index (κ1) is 35.6. The lowest BCUT2D eigenvalue weighted by atomic mass is 9.98. The van der Waals surface area contributed by atoms with Gasteiger partial charge >= 0.3 is 19.5 Å². The summed E-state index contributed by atoms with van der Waals surface area (Å²) in [5.41, 5.74) is -0.814. The lowest BCUT2D eigenvalue weighted by molar-refractivity contribution is -0.162. The van der Waals surface area contributed by atoms with Crippen LogP contribution >= 0.6 is 52.8 Å². The van der Waals surface area contributed by atoms with Crippen LogP contribution in [0.15, 0.2) is 30.3 Å². The molecule has 0 aromatic heterocycles. The highest BCUT2D eigenvalue weighted by Crippen LogP contribution is 2.49. The lowest BCUT2D eigenvalue weighted by Crippen LogP contribution is -2.25. The fourth-order valence-electron chi connectivity index (χ4n) is 2.91. The number of halogens is 2. The summed E-state index contributed by atoms with van der Waals surface area (Å²) in [6.07, 6.45) is -0.546. The molecule has 0 heterocycles. The van der Waals surface area contributed by atoms with E-state index >= 15 is 0 Å². The molecule has 1 N–H and O–H groups in total. The molecule has 0 aliphatic rings. The maximum atomic E-state index is 13.4. The summed E-state index contributed by atoms with van der Waals surface area (Å²) in [7, 11) is -4.05. The molecule has 41 heavy (non-hydrogen) atoms. The Morgan fingerprint density at radius 1 is 0.854 bits per heavy atom. The van der Waals surface area contributed by atoms with Gasteiger partial charge in [-0.3, -0.25) is 23.2 Å². The summed E-state index contributed by atoms with van der Waals surface area (Å²) in [5.74, 6) is 0.702. The molecule has 13 heteroatoms. The quantitative estimate of drug-likeness (QED) is 0.0971. The van der Waals surface area contributed by atoms with Gasteiger partial charge in [-0.15, -0.1) is 0 Å². The zero-order valence-electron chi connectivity index (χ0n) is 24.4. The van der Waals surface area contributed by atoms with Crippen molar-refractivity contribution >= 4 is 64.7 Å². The van der Waals surface area contributed by atoms with Crippen LogP contribution in [0.2, 0.25) is 0 Å². The van der Waals surface area contributed by atoms with E-state index in [1.54, 1.807) is 71.9 Å². The first-order chi connectivity index (χ1) is 18.8. The number of rotatable bonds is 12. The first-order valence-corrected chi connectivity index (χ1v) is 16.6. The van der Waals surface area contributed by atoms with E-state index in [4.69, 9.17) is 28.0 Å². The molecule has 2 rings (SSSR count). The van der Waals surface area contributed by atoms with Gasteiger partial charge in [-0.05, 0) is 123 Å². The number of phenols is 1. The van der Waals surface area contributed by atoms with Crippen LogP contribution in [0.1, 0.15) is 66.9 Å². The van der Waals surface area contributed by atoms with Crippen molar-refractivity contribution in [2.45, 2.75) is 61.3 Å². The third-order valence-electron chi connectivity index (χ3n) is 5.31. The molecule has 10 nitrogen and oxygen atoms in total. The van der Waals surface area contributed by atoms with Crippen LogP contribution in [0, 0.1) is 18.0 Å². The number of hydrogen-bond donors (Lipinski definition) is 1. The molecule has 2 aromatic rings. The number of hydrogen-bond acceptors (Lipinski definition) is 10. The number of aromatic hydroxyl groups is 1. The Balaban J connectivity index is 2.17. The Morgan fingerprint density at radius 3 is 1.78 bits per heavy atom. The molecule has 0 fully saturated rings. The number of ether oxygens (including phenoxy) is 4. The average Bonchev–Trinajstić information content (AvgIpc) is 2.84. The van der Waals surface area contributed by atoms with Crippen LogP contribution in [0.25, 0.3) is 0 Å². The molecule has 0 saturated carbocycles. The Hall–Kier alpha value is -1.61. The predicted octanol–water partition coefficient (Wildman–Crippen LogP) is 8.17. The van der Waals surface area contributed by atoms with E-state index in [-0.39, 0.29) is 11.7 Å². The minimum Gasteiger partial charge on any atom is -0.508 e. The van der Waals surface area contributed by atoms with E-state index in [0.717, 1.165) is 5.56 Å². The smallest absolute Gasteiger partial charge is 0.373 e. The Bertz CT molecular complexity index is 1220. The summed E-state index contributed by atoms with van der Waals surface area (Å²) >= 11 is 4.19. The third-order valence-corrected chi connectivity index (χ3v) is 8.35. The Labute approximate surface area is 268 Å². The van der Waals surface area contributed by atoms with Crippen molar-refractivity contribution in [1.82, 2.24) is 0 Å². The zero-order valence-corrected chi connectivity index (χ0v) is 29.6. The van der Waals surface area contributed by atoms with E-state index in [1.165, 1.54) is 0 Å². The van der Waals surface area contributed by atoms with E-state index in [2.05, 4.69) is 45.2 Å². The van der Waals surface area contributed by atoms with E-state index in [9.17, 15) is 19.3 Å². The van der Waals surface area contributed by atoms with Gasteiger partial charge in [0.15, 0.2) is 12.1 Å². The van der Waals surface area contributed by atoms with Gasteiger partial charge in [0, 0.05) is 5.56 Å². The summed E-state index contributed by atoms with van der Waals surface area (Å²) in [5, 5.41) is 10.1. The minimum absolute atomic E-state index is 0.113. The van der Waals surface area contributed by atoms with Crippen molar-refractivity contribution in [1.29, 1.82) is 0 Å². The highest BCUT2D eigenvalue weighted by atomic mass is 127. The first-order valence-electron chi connectivity index (χ1n) is 12.7. The van der Waals surface area contributed by atoms with E-state index in [1.807, 2.05) is 13.8 Å². The fourth-order valence-corrected chi connectivity index (χ4v) is 5.80. The Kier molecular flexibility index (Phi) is 12.8. The van der Waals surface area contributed by atoms with Gasteiger partial charge in [0.25, 0.3) is 0 Å². The molecule has 0 bridgehead atoms. The largest absolute Gasteiger partial charge is 0.508 e. The molecular formula is C28H37I2O10P. The van der Waals surface area contributed by atoms with Gasteiger partial charge in [0.05, 0.1) is 18.0 Å². The van der Waals surface area contributed by atoms with Crippen LogP contribution in [0.4, 0.5) is 0 Å². The van der Waals surface area contributed by atoms with Crippen molar-refractivity contribution in [3.8, 4) is 23.0 Å². The summed E-state index contributed by atoms with van der Waals surface area (Å²) in [4.78, 5) is 24.2. The summed E-state index contributed by atoms with van der Waals surface area (Å²) < 4.78 is 47.5. The van der Waals surface area contributed by atoms with Crippen LogP contribution in [-0.4, -0.2) is 37.0 Å². The van der Waals surface area contributed by atoms with Gasteiger partial charge < -0.3 is 24.1 Å². The molecular weight excluding hydrogens is 781 g/mol. The number of phenolic OH excluding ortho intramolecular Hbond substituents is 1. The molecule has 0 unspecified atom stereocenters. The zero-order chi connectivity index (χ0) is 31.2. The SMILES string of the molecule is CC(C)c1cc(Oc2c(I)cc(OCP(=O)(OCOC(=O)C(C)(C)C)OCOC(=O)C(C)(C)C)cc2I)ccc1O. The van der Waals surface area contributed by atoms with Crippen LogP contribution in [0.5, 0.6) is 23.0 Å².